The highest BCUT2D eigenvalue weighted by atomic mass is 16.4. The number of fused-ring (bicyclic) bond motifs is 1. The van der Waals surface area contributed by atoms with E-state index in [4.69, 9.17) is 10.8 Å². The number of carboxylic acid groups (broad SMARTS) is 1. The van der Waals surface area contributed by atoms with E-state index in [1.54, 1.807) is 24.5 Å². The number of nitrogens with one attached hydrogen (secondary N) is 2. The van der Waals surface area contributed by atoms with Crippen molar-refractivity contribution in [3.63, 3.8) is 0 Å². The molecule has 2 aromatic heterocycles. The first kappa shape index (κ1) is 20.7. The van der Waals surface area contributed by atoms with E-state index in [9.17, 15) is 4.79 Å². The Kier molecular flexibility index (Phi) is 5.88. The molecule has 0 atom stereocenters. The monoisotopic (exact) mass is 400 g/mol. The SMILES string of the molecule is C=CNc1c(C)cccc1-c1c[nH]c2ncc(C(=C)/C=C\C(N)=C(/C)C(=O)O)cc12. The number of aromatic amines is 1. The van der Waals surface area contributed by atoms with Gasteiger partial charge in [-0.25, -0.2) is 9.78 Å². The quantitative estimate of drug-likeness (QED) is 0.331. The average molecular weight is 400 g/mol. The zero-order valence-corrected chi connectivity index (χ0v) is 17.0. The van der Waals surface area contributed by atoms with Crippen molar-refractivity contribution in [2.24, 2.45) is 5.73 Å². The van der Waals surface area contributed by atoms with E-state index in [1.165, 1.54) is 6.92 Å². The third-order valence-electron chi connectivity index (χ3n) is 4.93. The molecule has 6 heteroatoms. The molecular formula is C24H24N4O2. The number of pyridine rings is 1. The topological polar surface area (TPSA) is 104 Å². The summed E-state index contributed by atoms with van der Waals surface area (Å²) < 4.78 is 0. The number of aromatic nitrogens is 2. The molecule has 3 aromatic rings. The molecule has 5 N–H and O–H groups in total. The summed E-state index contributed by atoms with van der Waals surface area (Å²) in [5, 5.41) is 13.2. The molecule has 2 heterocycles. The number of benzene rings is 1. The van der Waals surface area contributed by atoms with Crippen LogP contribution >= 0.6 is 0 Å². The minimum absolute atomic E-state index is 0.0854. The molecule has 0 radical (unpaired) electrons. The first-order valence-electron chi connectivity index (χ1n) is 9.35. The maximum absolute atomic E-state index is 11.0. The lowest BCUT2D eigenvalue weighted by Crippen LogP contribution is -2.05. The summed E-state index contributed by atoms with van der Waals surface area (Å²) in [5.74, 6) is -1.05. The second kappa shape index (κ2) is 8.53. The number of aliphatic carboxylic acids is 1. The number of H-pyrrole nitrogens is 1. The number of carboxylic acids is 1. The van der Waals surface area contributed by atoms with E-state index in [-0.39, 0.29) is 11.3 Å². The second-order valence-corrected chi connectivity index (χ2v) is 6.91. The van der Waals surface area contributed by atoms with Crippen molar-refractivity contribution in [1.29, 1.82) is 0 Å². The molecule has 30 heavy (non-hydrogen) atoms. The van der Waals surface area contributed by atoms with Gasteiger partial charge in [-0.15, -0.1) is 0 Å². The van der Waals surface area contributed by atoms with Crippen LogP contribution in [0, 0.1) is 6.92 Å². The summed E-state index contributed by atoms with van der Waals surface area (Å²) in [7, 11) is 0. The first-order chi connectivity index (χ1) is 14.3. The summed E-state index contributed by atoms with van der Waals surface area (Å²) in [6.45, 7) is 11.3. The Labute approximate surface area is 175 Å². The largest absolute Gasteiger partial charge is 0.478 e. The van der Waals surface area contributed by atoms with E-state index < -0.39 is 5.97 Å². The summed E-state index contributed by atoms with van der Waals surface area (Å²) in [6.07, 6.45) is 8.54. The second-order valence-electron chi connectivity index (χ2n) is 6.91. The smallest absolute Gasteiger partial charge is 0.333 e. The first-order valence-corrected chi connectivity index (χ1v) is 9.35. The Morgan fingerprint density at radius 2 is 2.07 bits per heavy atom. The van der Waals surface area contributed by atoms with Gasteiger partial charge in [0.05, 0.1) is 5.57 Å². The standard InChI is InChI=1S/C24H24N4O2/c1-5-26-22-15(3)7-6-8-18(22)20-13-28-23-19(20)11-17(12-27-23)14(2)9-10-21(25)16(4)24(29)30/h5-13,26H,1-2,25H2,3-4H3,(H,27,28)(H,29,30)/b10-9-,21-16-. The maximum Gasteiger partial charge on any atom is 0.333 e. The number of allylic oxidation sites excluding steroid dienone is 3. The van der Waals surface area contributed by atoms with Gasteiger partial charge in [-0.1, -0.05) is 37.4 Å². The van der Waals surface area contributed by atoms with Gasteiger partial charge in [0.25, 0.3) is 0 Å². The Hall–Kier alpha value is -4.06. The number of para-hydroxylation sites is 1. The van der Waals surface area contributed by atoms with Crippen LogP contribution in [0.2, 0.25) is 0 Å². The predicted octanol–water partition coefficient (Wildman–Crippen LogP) is 4.98. The van der Waals surface area contributed by atoms with Crippen molar-refractivity contribution in [3.8, 4) is 11.1 Å². The fraction of sp³-hybridized carbons (Fsp3) is 0.0833. The van der Waals surface area contributed by atoms with Crippen molar-refractivity contribution in [3.05, 3.63) is 90.6 Å². The van der Waals surface area contributed by atoms with Gasteiger partial charge in [0.2, 0.25) is 0 Å². The van der Waals surface area contributed by atoms with Gasteiger partial charge >= 0.3 is 5.97 Å². The van der Waals surface area contributed by atoms with E-state index in [0.29, 0.717) is 5.57 Å². The highest BCUT2D eigenvalue weighted by Gasteiger charge is 2.13. The Bertz CT molecular complexity index is 1220. The van der Waals surface area contributed by atoms with Crippen molar-refractivity contribution >= 4 is 28.3 Å². The molecule has 0 saturated carbocycles. The molecule has 1 aromatic carbocycles. The number of anilines is 1. The van der Waals surface area contributed by atoms with Crippen LogP contribution in [-0.2, 0) is 4.79 Å². The molecular weight excluding hydrogens is 376 g/mol. The van der Waals surface area contributed by atoms with Gasteiger partial charge in [0, 0.05) is 45.9 Å². The third-order valence-corrected chi connectivity index (χ3v) is 4.93. The van der Waals surface area contributed by atoms with Gasteiger partial charge in [-0.2, -0.15) is 0 Å². The van der Waals surface area contributed by atoms with Gasteiger partial charge < -0.3 is 21.1 Å². The van der Waals surface area contributed by atoms with Crippen LogP contribution in [0.4, 0.5) is 5.69 Å². The number of aryl methyl sites for hydroxylation is 1. The number of carbonyl (C=O) groups is 1. The fourth-order valence-electron chi connectivity index (χ4n) is 3.12. The summed E-state index contributed by atoms with van der Waals surface area (Å²) >= 11 is 0. The lowest BCUT2D eigenvalue weighted by Gasteiger charge is -2.12. The summed E-state index contributed by atoms with van der Waals surface area (Å²) in [4.78, 5) is 18.7. The van der Waals surface area contributed by atoms with Crippen molar-refractivity contribution < 1.29 is 9.90 Å². The molecule has 0 aliphatic carbocycles. The summed E-state index contributed by atoms with van der Waals surface area (Å²) in [5.41, 5.74) is 12.5. The van der Waals surface area contributed by atoms with E-state index >= 15 is 0 Å². The van der Waals surface area contributed by atoms with Crippen molar-refractivity contribution in [1.82, 2.24) is 9.97 Å². The molecule has 152 valence electrons. The van der Waals surface area contributed by atoms with Crippen LogP contribution in [0.3, 0.4) is 0 Å². The number of rotatable bonds is 7. The molecule has 3 rings (SSSR count). The number of hydrogen-bond acceptors (Lipinski definition) is 4. The molecule has 0 fully saturated rings. The zero-order valence-electron chi connectivity index (χ0n) is 17.0. The molecule has 0 bridgehead atoms. The third kappa shape index (κ3) is 4.03. The fourth-order valence-corrected chi connectivity index (χ4v) is 3.12. The van der Waals surface area contributed by atoms with E-state index in [0.717, 1.165) is 39.0 Å². The molecule has 0 amide bonds. The minimum atomic E-state index is -1.05. The molecule has 6 nitrogen and oxygen atoms in total. The molecule has 0 saturated heterocycles. The van der Waals surface area contributed by atoms with Crippen LogP contribution in [0.15, 0.2) is 79.4 Å². The molecule has 0 spiro atoms. The average Bonchev–Trinajstić information content (AvgIpc) is 3.15. The van der Waals surface area contributed by atoms with Crippen molar-refractivity contribution in [2.75, 3.05) is 5.32 Å². The highest BCUT2D eigenvalue weighted by Crippen LogP contribution is 2.36. The molecule has 0 unspecified atom stereocenters. The normalized spacial score (nSPS) is 12.1. The van der Waals surface area contributed by atoms with Crippen LogP contribution in [0.1, 0.15) is 18.1 Å². The van der Waals surface area contributed by atoms with Crippen molar-refractivity contribution in [2.45, 2.75) is 13.8 Å². The lowest BCUT2D eigenvalue weighted by atomic mass is 9.99. The lowest BCUT2D eigenvalue weighted by molar-refractivity contribution is -0.132. The van der Waals surface area contributed by atoms with E-state index in [2.05, 4.69) is 28.4 Å². The van der Waals surface area contributed by atoms with Crippen LogP contribution in [-0.4, -0.2) is 21.0 Å². The van der Waals surface area contributed by atoms with Crippen LogP contribution in [0.5, 0.6) is 0 Å². The highest BCUT2D eigenvalue weighted by molar-refractivity contribution is 5.99. The number of hydrogen-bond donors (Lipinski definition) is 4. The van der Waals surface area contributed by atoms with Gasteiger partial charge in [0.15, 0.2) is 0 Å². The van der Waals surface area contributed by atoms with Crippen LogP contribution < -0.4 is 11.1 Å². The number of nitrogens with two attached hydrogens (primary N) is 1. The minimum Gasteiger partial charge on any atom is -0.478 e. The van der Waals surface area contributed by atoms with Gasteiger partial charge in [0.1, 0.15) is 5.65 Å². The maximum atomic E-state index is 11.0. The molecule has 0 aliphatic rings. The summed E-state index contributed by atoms with van der Waals surface area (Å²) in [6, 6.07) is 8.10. The Balaban J connectivity index is 2.04. The van der Waals surface area contributed by atoms with E-state index in [1.807, 2.05) is 37.4 Å². The predicted molar refractivity (Wildman–Crippen MR) is 123 cm³/mol. The van der Waals surface area contributed by atoms with Gasteiger partial charge in [-0.05, 0) is 43.3 Å². The molecule has 0 aliphatic heterocycles. The zero-order chi connectivity index (χ0) is 21.8. The van der Waals surface area contributed by atoms with Crippen LogP contribution in [0.25, 0.3) is 27.7 Å². The Morgan fingerprint density at radius 3 is 2.77 bits per heavy atom. The van der Waals surface area contributed by atoms with Gasteiger partial charge in [-0.3, -0.25) is 0 Å². The Morgan fingerprint density at radius 1 is 1.30 bits per heavy atom. The number of nitrogens with zero attached hydrogens (tertiary/aromatic N) is 1.